The first-order valence-corrected chi connectivity index (χ1v) is 6.84. The van der Waals surface area contributed by atoms with Crippen LogP contribution in [0.4, 0.5) is 5.69 Å². The fourth-order valence-electron chi connectivity index (χ4n) is 3.54. The Morgan fingerprint density at radius 2 is 1.95 bits per heavy atom. The smallest absolute Gasteiger partial charge is 0.307 e. The first-order chi connectivity index (χ1) is 9.15. The first-order valence-electron chi connectivity index (χ1n) is 6.84. The molecule has 1 saturated carbocycles. The molecule has 1 N–H and O–H groups in total. The summed E-state index contributed by atoms with van der Waals surface area (Å²) >= 11 is 0. The van der Waals surface area contributed by atoms with E-state index >= 15 is 0 Å². The van der Waals surface area contributed by atoms with Gasteiger partial charge in [0.1, 0.15) is 0 Å². The van der Waals surface area contributed by atoms with Crippen LogP contribution < -0.4 is 4.90 Å². The van der Waals surface area contributed by atoms with Crippen molar-refractivity contribution in [2.75, 3.05) is 11.4 Å². The molecule has 1 amide bonds. The normalized spacial score (nSPS) is 27.4. The number of amides is 1. The largest absolute Gasteiger partial charge is 0.481 e. The van der Waals surface area contributed by atoms with Crippen LogP contribution in [0, 0.1) is 5.92 Å². The highest BCUT2D eigenvalue weighted by atomic mass is 16.4. The van der Waals surface area contributed by atoms with Crippen molar-refractivity contribution in [3.05, 3.63) is 28.8 Å². The maximum absolute atomic E-state index is 11.8. The first kappa shape index (κ1) is 11.0. The molecule has 0 saturated heterocycles. The molecule has 98 valence electrons. The van der Waals surface area contributed by atoms with Gasteiger partial charge in [-0.2, -0.15) is 0 Å². The van der Waals surface area contributed by atoms with E-state index < -0.39 is 5.97 Å². The predicted molar refractivity (Wildman–Crippen MR) is 69.3 cm³/mol. The van der Waals surface area contributed by atoms with Gasteiger partial charge in [-0.25, -0.2) is 0 Å². The number of anilines is 1. The Labute approximate surface area is 111 Å². The summed E-state index contributed by atoms with van der Waals surface area (Å²) in [6.45, 7) is 0.789. The lowest BCUT2D eigenvalue weighted by Crippen LogP contribution is -2.32. The second-order valence-corrected chi connectivity index (χ2v) is 5.77. The summed E-state index contributed by atoms with van der Waals surface area (Å²) in [6.07, 6.45) is 3.06. The predicted octanol–water partition coefficient (Wildman–Crippen LogP) is 1.71. The number of carboxylic acids is 1. The van der Waals surface area contributed by atoms with Crippen molar-refractivity contribution in [3.8, 4) is 0 Å². The van der Waals surface area contributed by atoms with Crippen molar-refractivity contribution in [2.45, 2.75) is 31.6 Å². The van der Waals surface area contributed by atoms with E-state index in [-0.39, 0.29) is 17.7 Å². The maximum atomic E-state index is 11.8. The molecule has 2 atom stereocenters. The fourth-order valence-corrected chi connectivity index (χ4v) is 3.54. The molecule has 0 radical (unpaired) electrons. The molecule has 4 rings (SSSR count). The summed E-state index contributed by atoms with van der Waals surface area (Å²) in [5.41, 5.74) is 4.75. The Balaban J connectivity index is 1.75. The van der Waals surface area contributed by atoms with Crippen molar-refractivity contribution < 1.29 is 14.7 Å². The molecular formula is C15H15NO3. The van der Waals surface area contributed by atoms with Crippen LogP contribution in [0.3, 0.4) is 0 Å². The molecule has 1 aliphatic carbocycles. The quantitative estimate of drug-likeness (QED) is 0.877. The Morgan fingerprint density at radius 3 is 2.63 bits per heavy atom. The van der Waals surface area contributed by atoms with Gasteiger partial charge in [0.25, 0.3) is 0 Å². The Hall–Kier alpha value is -1.84. The number of aryl methyl sites for hydroxylation is 1. The maximum Gasteiger partial charge on any atom is 0.307 e. The second-order valence-electron chi connectivity index (χ2n) is 5.77. The number of aliphatic carboxylic acids is 1. The standard InChI is InChI=1S/C15H15NO3/c17-13-2-1-8-5-10(11-7-12(11)15(18)19)6-9-3-4-16(13)14(8)9/h5-6,11-12H,1-4,7H2,(H,18,19). The van der Waals surface area contributed by atoms with Crippen molar-refractivity contribution in [1.82, 2.24) is 0 Å². The van der Waals surface area contributed by atoms with Gasteiger partial charge in [0, 0.05) is 13.0 Å². The van der Waals surface area contributed by atoms with Gasteiger partial charge in [0.15, 0.2) is 0 Å². The molecule has 1 aromatic carbocycles. The van der Waals surface area contributed by atoms with Crippen LogP contribution in [0.15, 0.2) is 12.1 Å². The summed E-state index contributed by atoms with van der Waals surface area (Å²) in [6, 6.07) is 4.27. The lowest BCUT2D eigenvalue weighted by atomic mass is 9.94. The van der Waals surface area contributed by atoms with Crippen molar-refractivity contribution in [3.63, 3.8) is 0 Å². The molecule has 1 fully saturated rings. The van der Waals surface area contributed by atoms with E-state index in [1.54, 1.807) is 0 Å². The molecule has 2 heterocycles. The van der Waals surface area contributed by atoms with Gasteiger partial charge in [-0.05, 0) is 41.9 Å². The molecule has 4 heteroatoms. The van der Waals surface area contributed by atoms with Crippen molar-refractivity contribution in [1.29, 1.82) is 0 Å². The van der Waals surface area contributed by atoms with Crippen LogP contribution in [-0.4, -0.2) is 23.5 Å². The highest BCUT2D eigenvalue weighted by molar-refractivity contribution is 5.98. The molecule has 19 heavy (non-hydrogen) atoms. The molecular weight excluding hydrogens is 242 g/mol. The molecule has 2 aliphatic heterocycles. The van der Waals surface area contributed by atoms with Crippen LogP contribution in [0.1, 0.15) is 35.4 Å². The summed E-state index contributed by atoms with van der Waals surface area (Å²) in [5.74, 6) is -0.469. The molecule has 4 nitrogen and oxygen atoms in total. The van der Waals surface area contributed by atoms with E-state index in [1.807, 2.05) is 4.90 Å². The highest BCUT2D eigenvalue weighted by Gasteiger charge is 2.45. The molecule has 0 aromatic heterocycles. The van der Waals surface area contributed by atoms with Crippen LogP contribution in [0.2, 0.25) is 0 Å². The van der Waals surface area contributed by atoms with Gasteiger partial charge < -0.3 is 10.0 Å². The molecule has 2 unspecified atom stereocenters. The zero-order valence-corrected chi connectivity index (χ0v) is 10.6. The van der Waals surface area contributed by atoms with E-state index in [9.17, 15) is 9.59 Å². The Bertz CT molecular complexity index is 608. The topological polar surface area (TPSA) is 57.6 Å². The number of hydrogen-bond donors (Lipinski definition) is 1. The van der Waals surface area contributed by atoms with Gasteiger partial charge in [-0.3, -0.25) is 9.59 Å². The third kappa shape index (κ3) is 1.52. The van der Waals surface area contributed by atoms with Gasteiger partial charge in [-0.15, -0.1) is 0 Å². The van der Waals surface area contributed by atoms with E-state index in [0.29, 0.717) is 6.42 Å². The second kappa shape index (κ2) is 3.59. The highest BCUT2D eigenvalue weighted by Crippen LogP contribution is 2.50. The van der Waals surface area contributed by atoms with Gasteiger partial charge >= 0.3 is 5.97 Å². The zero-order valence-electron chi connectivity index (χ0n) is 10.6. The van der Waals surface area contributed by atoms with Gasteiger partial charge in [0.2, 0.25) is 5.91 Å². The van der Waals surface area contributed by atoms with E-state index in [1.165, 1.54) is 11.1 Å². The minimum atomic E-state index is -0.684. The van der Waals surface area contributed by atoms with E-state index in [2.05, 4.69) is 12.1 Å². The summed E-state index contributed by atoms with van der Waals surface area (Å²) in [5, 5.41) is 9.04. The Morgan fingerprint density at radius 1 is 1.21 bits per heavy atom. The number of carbonyl (C=O) groups is 2. The summed E-state index contributed by atoms with van der Waals surface area (Å²) in [4.78, 5) is 24.7. The van der Waals surface area contributed by atoms with Crippen molar-refractivity contribution >= 4 is 17.6 Å². The molecule has 0 spiro atoms. The van der Waals surface area contributed by atoms with Crippen molar-refractivity contribution in [2.24, 2.45) is 5.92 Å². The molecule has 0 bridgehead atoms. The Kier molecular flexibility index (Phi) is 2.08. The third-order valence-corrected chi connectivity index (χ3v) is 4.61. The number of benzene rings is 1. The molecule has 1 aromatic rings. The lowest BCUT2D eigenvalue weighted by Gasteiger charge is -2.25. The number of nitrogens with zero attached hydrogens (tertiary/aromatic N) is 1. The van der Waals surface area contributed by atoms with E-state index in [0.717, 1.165) is 37.1 Å². The average Bonchev–Trinajstić information content (AvgIpc) is 3.08. The number of hydrogen-bond acceptors (Lipinski definition) is 2. The van der Waals surface area contributed by atoms with Gasteiger partial charge in [-0.1, -0.05) is 12.1 Å². The van der Waals surface area contributed by atoms with Crippen LogP contribution >= 0.6 is 0 Å². The summed E-state index contributed by atoms with van der Waals surface area (Å²) < 4.78 is 0. The van der Waals surface area contributed by atoms with Crippen LogP contribution in [-0.2, 0) is 22.4 Å². The SMILES string of the molecule is O=C(O)C1CC1c1cc2c3c(c1)CCN3C(=O)CC2. The summed E-state index contributed by atoms with van der Waals surface area (Å²) in [7, 11) is 0. The third-order valence-electron chi connectivity index (χ3n) is 4.61. The minimum absolute atomic E-state index is 0.186. The number of carboxylic acid groups (broad SMARTS) is 1. The minimum Gasteiger partial charge on any atom is -0.481 e. The lowest BCUT2D eigenvalue weighted by molar-refractivity contribution is -0.138. The van der Waals surface area contributed by atoms with Gasteiger partial charge in [0.05, 0.1) is 11.6 Å². The number of rotatable bonds is 2. The van der Waals surface area contributed by atoms with E-state index in [4.69, 9.17) is 5.11 Å². The number of carbonyl (C=O) groups excluding carboxylic acids is 1. The van der Waals surface area contributed by atoms with Crippen LogP contribution in [0.5, 0.6) is 0 Å². The average molecular weight is 257 g/mol. The monoisotopic (exact) mass is 257 g/mol. The van der Waals surface area contributed by atoms with Crippen LogP contribution in [0.25, 0.3) is 0 Å². The zero-order chi connectivity index (χ0) is 13.1. The fraction of sp³-hybridized carbons (Fsp3) is 0.467. The molecule has 3 aliphatic rings.